The molecule has 1 heterocycles. The molecule has 2 aliphatic rings. The van der Waals surface area contributed by atoms with Gasteiger partial charge in [-0.05, 0) is 31.6 Å². The first-order valence-electron chi connectivity index (χ1n) is 6.98. The highest BCUT2D eigenvalue weighted by Gasteiger charge is 2.61. The van der Waals surface area contributed by atoms with Gasteiger partial charge in [-0.25, -0.2) is 0 Å². The molecule has 19 heavy (non-hydrogen) atoms. The molecule has 0 unspecified atom stereocenters. The number of nitrogens with two attached hydrogens (primary N) is 1. The van der Waals surface area contributed by atoms with E-state index in [9.17, 15) is 9.59 Å². The number of nitrogens with zero attached hydrogens (tertiary/aromatic N) is 1. The van der Waals surface area contributed by atoms with E-state index >= 15 is 0 Å². The number of hydrogen-bond acceptors (Lipinski definition) is 2. The van der Waals surface area contributed by atoms with Crippen molar-refractivity contribution in [3.8, 4) is 0 Å². The topological polar surface area (TPSA) is 63.4 Å². The predicted molar refractivity (Wildman–Crippen MR) is 74.1 cm³/mol. The summed E-state index contributed by atoms with van der Waals surface area (Å²) in [6, 6.07) is 0. The van der Waals surface area contributed by atoms with Crippen LogP contribution in [0.3, 0.4) is 0 Å². The zero-order chi connectivity index (χ0) is 14.4. The summed E-state index contributed by atoms with van der Waals surface area (Å²) in [5.41, 5.74) is 6.61. The summed E-state index contributed by atoms with van der Waals surface area (Å²) in [5, 5.41) is 0. The Balaban J connectivity index is 2.02. The van der Waals surface area contributed by atoms with E-state index < -0.39 is 0 Å². The van der Waals surface area contributed by atoms with E-state index in [1.54, 1.807) is 0 Å². The molecule has 1 saturated heterocycles. The van der Waals surface area contributed by atoms with Crippen LogP contribution in [0, 0.1) is 23.2 Å². The summed E-state index contributed by atoms with van der Waals surface area (Å²) < 4.78 is 0. The van der Waals surface area contributed by atoms with Gasteiger partial charge in [0.1, 0.15) is 0 Å². The molecule has 1 aliphatic carbocycles. The standard InChI is InChI=1S/C15H24N2O2/c1-9(2)7-11-12(15(11,3)4)14(19)17-6-5-10(8-17)13(16)18/h7,10-12H,5-6,8H2,1-4H3,(H2,16,18)/t10-,11-,12+/m1/s1. The van der Waals surface area contributed by atoms with Crippen molar-refractivity contribution in [2.75, 3.05) is 13.1 Å². The molecule has 0 aromatic carbocycles. The lowest BCUT2D eigenvalue weighted by Crippen LogP contribution is -2.33. The molecular weight excluding hydrogens is 240 g/mol. The van der Waals surface area contributed by atoms with E-state index in [1.165, 1.54) is 5.57 Å². The van der Waals surface area contributed by atoms with Gasteiger partial charge in [-0.3, -0.25) is 9.59 Å². The molecule has 0 bridgehead atoms. The third kappa shape index (κ3) is 2.53. The highest BCUT2D eigenvalue weighted by atomic mass is 16.2. The smallest absolute Gasteiger partial charge is 0.226 e. The molecule has 106 valence electrons. The van der Waals surface area contributed by atoms with Gasteiger partial charge in [0.15, 0.2) is 0 Å². The lowest BCUT2D eigenvalue weighted by molar-refractivity contribution is -0.132. The van der Waals surface area contributed by atoms with Crippen LogP contribution >= 0.6 is 0 Å². The van der Waals surface area contributed by atoms with Crippen LogP contribution in [0.2, 0.25) is 0 Å². The molecule has 4 heteroatoms. The second-order valence-corrected chi connectivity index (χ2v) is 6.74. The summed E-state index contributed by atoms with van der Waals surface area (Å²) >= 11 is 0. The fourth-order valence-corrected chi connectivity index (χ4v) is 3.21. The van der Waals surface area contributed by atoms with Crippen LogP contribution in [0.15, 0.2) is 11.6 Å². The molecule has 2 fully saturated rings. The maximum absolute atomic E-state index is 12.5. The Hall–Kier alpha value is -1.32. The van der Waals surface area contributed by atoms with Gasteiger partial charge in [0.05, 0.1) is 11.8 Å². The highest BCUT2D eigenvalue weighted by Crippen LogP contribution is 2.60. The monoisotopic (exact) mass is 264 g/mol. The van der Waals surface area contributed by atoms with E-state index in [2.05, 4.69) is 33.8 Å². The van der Waals surface area contributed by atoms with E-state index in [0.29, 0.717) is 25.4 Å². The summed E-state index contributed by atoms with van der Waals surface area (Å²) in [7, 11) is 0. The highest BCUT2D eigenvalue weighted by molar-refractivity contribution is 5.85. The first kappa shape index (κ1) is 14.1. The number of allylic oxidation sites excluding steroid dienone is 2. The van der Waals surface area contributed by atoms with Crippen molar-refractivity contribution in [3.63, 3.8) is 0 Å². The number of carbonyl (C=O) groups is 2. The molecule has 3 atom stereocenters. The number of hydrogen-bond donors (Lipinski definition) is 1. The van der Waals surface area contributed by atoms with Gasteiger partial charge in [0.2, 0.25) is 11.8 Å². The molecule has 0 aromatic heterocycles. The largest absolute Gasteiger partial charge is 0.369 e. The van der Waals surface area contributed by atoms with Crippen LogP contribution in [0.25, 0.3) is 0 Å². The summed E-state index contributed by atoms with van der Waals surface area (Å²) in [6.07, 6.45) is 2.91. The van der Waals surface area contributed by atoms with Crippen LogP contribution in [0.1, 0.15) is 34.1 Å². The Labute approximate surface area is 115 Å². The van der Waals surface area contributed by atoms with E-state index in [4.69, 9.17) is 5.73 Å². The molecule has 0 spiro atoms. The quantitative estimate of drug-likeness (QED) is 0.786. The summed E-state index contributed by atoms with van der Waals surface area (Å²) in [5.74, 6) is 0.141. The zero-order valence-electron chi connectivity index (χ0n) is 12.3. The van der Waals surface area contributed by atoms with Gasteiger partial charge in [0, 0.05) is 13.1 Å². The van der Waals surface area contributed by atoms with Crippen LogP contribution in [-0.2, 0) is 9.59 Å². The third-order valence-electron chi connectivity index (χ3n) is 4.59. The predicted octanol–water partition coefficient (Wildman–Crippen LogP) is 1.56. The Bertz CT molecular complexity index is 435. The first-order chi connectivity index (χ1) is 8.75. The Morgan fingerprint density at radius 3 is 2.42 bits per heavy atom. The molecule has 2 rings (SSSR count). The van der Waals surface area contributed by atoms with Crippen molar-refractivity contribution in [1.82, 2.24) is 4.90 Å². The molecule has 1 aliphatic heterocycles. The van der Waals surface area contributed by atoms with Gasteiger partial charge < -0.3 is 10.6 Å². The minimum absolute atomic E-state index is 0.0408. The number of rotatable bonds is 3. The summed E-state index contributed by atoms with van der Waals surface area (Å²) in [4.78, 5) is 25.5. The molecule has 0 radical (unpaired) electrons. The molecular formula is C15H24N2O2. The van der Waals surface area contributed by atoms with Crippen LogP contribution in [-0.4, -0.2) is 29.8 Å². The van der Waals surface area contributed by atoms with Crippen molar-refractivity contribution < 1.29 is 9.59 Å². The lowest BCUT2D eigenvalue weighted by atomic mass is 10.1. The fourth-order valence-electron chi connectivity index (χ4n) is 3.21. The molecule has 4 nitrogen and oxygen atoms in total. The normalized spacial score (nSPS) is 32.0. The molecule has 0 aromatic rings. The average molecular weight is 264 g/mol. The number of primary amides is 1. The van der Waals surface area contributed by atoms with E-state index in [0.717, 1.165) is 0 Å². The first-order valence-corrected chi connectivity index (χ1v) is 6.98. The van der Waals surface area contributed by atoms with Crippen LogP contribution in [0.4, 0.5) is 0 Å². The maximum atomic E-state index is 12.5. The average Bonchev–Trinajstić information content (AvgIpc) is 2.67. The van der Waals surface area contributed by atoms with Crippen LogP contribution in [0.5, 0.6) is 0 Å². The van der Waals surface area contributed by atoms with Crippen molar-refractivity contribution in [3.05, 3.63) is 11.6 Å². The SMILES string of the molecule is CC(C)=C[C@@H]1[C@@H](C(=O)N2CC[C@@H](C(N)=O)C2)C1(C)C. The maximum Gasteiger partial charge on any atom is 0.226 e. The molecule has 2 N–H and O–H groups in total. The second-order valence-electron chi connectivity index (χ2n) is 6.74. The fraction of sp³-hybridized carbons (Fsp3) is 0.733. The minimum atomic E-state index is -0.286. The summed E-state index contributed by atoms with van der Waals surface area (Å²) in [6.45, 7) is 9.58. The van der Waals surface area contributed by atoms with Gasteiger partial charge in [0.25, 0.3) is 0 Å². The lowest BCUT2D eigenvalue weighted by Gasteiger charge is -2.16. The van der Waals surface area contributed by atoms with E-state index in [1.807, 2.05) is 4.90 Å². The number of carbonyl (C=O) groups excluding carboxylic acids is 2. The number of amides is 2. The van der Waals surface area contributed by atoms with Crippen molar-refractivity contribution in [2.45, 2.75) is 34.1 Å². The van der Waals surface area contributed by atoms with E-state index in [-0.39, 0.29) is 29.1 Å². The van der Waals surface area contributed by atoms with Gasteiger partial charge in [-0.15, -0.1) is 0 Å². The Morgan fingerprint density at radius 1 is 1.32 bits per heavy atom. The zero-order valence-corrected chi connectivity index (χ0v) is 12.3. The van der Waals surface area contributed by atoms with Gasteiger partial charge >= 0.3 is 0 Å². The third-order valence-corrected chi connectivity index (χ3v) is 4.59. The van der Waals surface area contributed by atoms with Gasteiger partial charge in [-0.2, -0.15) is 0 Å². The Morgan fingerprint density at radius 2 is 1.95 bits per heavy atom. The Kier molecular flexibility index (Phi) is 3.45. The van der Waals surface area contributed by atoms with Crippen molar-refractivity contribution in [1.29, 1.82) is 0 Å². The molecule has 2 amide bonds. The second kappa shape index (κ2) is 4.66. The van der Waals surface area contributed by atoms with Crippen LogP contribution < -0.4 is 5.73 Å². The molecule has 1 saturated carbocycles. The van der Waals surface area contributed by atoms with Crippen molar-refractivity contribution >= 4 is 11.8 Å². The minimum Gasteiger partial charge on any atom is -0.369 e. The van der Waals surface area contributed by atoms with Crippen molar-refractivity contribution in [2.24, 2.45) is 28.9 Å². The number of likely N-dealkylation sites (tertiary alicyclic amines) is 1. The van der Waals surface area contributed by atoms with Gasteiger partial charge in [-0.1, -0.05) is 25.5 Å².